The van der Waals surface area contributed by atoms with Gasteiger partial charge in [-0.3, -0.25) is 18.6 Å². The number of nitrogens with two attached hydrogens (primary N) is 1. The van der Waals surface area contributed by atoms with Gasteiger partial charge in [-0.15, -0.1) is 0 Å². The van der Waals surface area contributed by atoms with Crippen molar-refractivity contribution in [3.05, 3.63) is 24.3 Å². The molecule has 0 fully saturated rings. The molecule has 0 radical (unpaired) electrons. The van der Waals surface area contributed by atoms with Crippen molar-refractivity contribution in [2.24, 2.45) is 5.73 Å². The quantitative estimate of drug-likeness (QED) is 0.0234. The van der Waals surface area contributed by atoms with Gasteiger partial charge >= 0.3 is 19.8 Å². The fraction of sp³-hybridized carbons (Fsp3) is 0.870. The SMILES string of the molecule is CCCCC/C=C\C/C=C\CCCCCCCCOCC(COP(=O)(O)OCC(N)C(=O)O)OC(=O)CCCCCCCCCCCCCCCCCCCCC. The predicted molar refractivity (Wildman–Crippen MR) is 235 cm³/mol. The summed E-state index contributed by atoms with van der Waals surface area (Å²) in [7, 11) is -4.62. The molecule has 0 bridgehead atoms. The number of ether oxygens (including phenoxy) is 2. The minimum absolute atomic E-state index is 0.0137. The number of carboxylic acid groups (broad SMARTS) is 1. The smallest absolute Gasteiger partial charge is 0.472 e. The molecule has 336 valence electrons. The van der Waals surface area contributed by atoms with E-state index in [0.29, 0.717) is 13.0 Å². The normalized spacial score (nSPS) is 14.0. The predicted octanol–water partition coefficient (Wildman–Crippen LogP) is 13.1. The number of hydrogen-bond donors (Lipinski definition) is 3. The molecule has 0 aromatic carbocycles. The molecule has 57 heavy (non-hydrogen) atoms. The Morgan fingerprint density at radius 3 is 1.46 bits per heavy atom. The number of aliphatic carboxylic acids is 1. The monoisotopic (exact) mass is 830 g/mol. The number of carbonyl (C=O) groups is 2. The van der Waals surface area contributed by atoms with Gasteiger partial charge in [0.25, 0.3) is 0 Å². The van der Waals surface area contributed by atoms with E-state index in [1.807, 2.05) is 0 Å². The Kier molecular flexibility index (Phi) is 41.4. The highest BCUT2D eigenvalue weighted by atomic mass is 31.2. The first kappa shape index (κ1) is 55.5. The van der Waals surface area contributed by atoms with E-state index in [-0.39, 0.29) is 13.0 Å². The Morgan fingerprint density at radius 2 is 0.965 bits per heavy atom. The molecule has 3 atom stereocenters. The lowest BCUT2D eigenvalue weighted by Crippen LogP contribution is -2.34. The van der Waals surface area contributed by atoms with Gasteiger partial charge in [0, 0.05) is 13.0 Å². The first-order valence-electron chi connectivity index (χ1n) is 23.4. The lowest BCUT2D eigenvalue weighted by atomic mass is 10.0. The van der Waals surface area contributed by atoms with Crippen LogP contribution in [0.4, 0.5) is 0 Å². The molecule has 3 unspecified atom stereocenters. The Hall–Kier alpha value is -1.55. The third-order valence-corrected chi connectivity index (χ3v) is 11.2. The number of hydrogen-bond acceptors (Lipinski definition) is 8. The molecule has 0 rings (SSSR count). The fourth-order valence-corrected chi connectivity index (χ4v) is 7.35. The van der Waals surface area contributed by atoms with E-state index in [9.17, 15) is 19.0 Å². The number of rotatable bonds is 45. The summed E-state index contributed by atoms with van der Waals surface area (Å²) in [6.07, 6.45) is 46.5. The number of esters is 1. The third-order valence-electron chi connectivity index (χ3n) is 10.2. The maximum Gasteiger partial charge on any atom is 0.472 e. The molecule has 0 aromatic heterocycles. The molecule has 11 heteroatoms. The minimum atomic E-state index is -4.62. The van der Waals surface area contributed by atoms with Crippen molar-refractivity contribution in [2.75, 3.05) is 26.4 Å². The zero-order chi connectivity index (χ0) is 41.9. The van der Waals surface area contributed by atoms with Crippen LogP contribution in [-0.2, 0) is 32.7 Å². The van der Waals surface area contributed by atoms with E-state index in [4.69, 9.17) is 29.4 Å². The summed E-state index contributed by atoms with van der Waals surface area (Å²) >= 11 is 0. The van der Waals surface area contributed by atoms with Gasteiger partial charge in [-0.2, -0.15) is 0 Å². The highest BCUT2D eigenvalue weighted by molar-refractivity contribution is 7.47. The molecule has 0 heterocycles. The number of phosphoric acid groups is 1. The molecular formula is C46H88NO9P. The molecule has 0 amide bonds. The lowest BCUT2D eigenvalue weighted by Gasteiger charge is -2.20. The van der Waals surface area contributed by atoms with Gasteiger partial charge in [0.2, 0.25) is 0 Å². The third kappa shape index (κ3) is 42.4. The summed E-state index contributed by atoms with van der Waals surface area (Å²) in [5.41, 5.74) is 5.36. The highest BCUT2D eigenvalue weighted by Crippen LogP contribution is 2.43. The molecule has 0 spiro atoms. The molecule has 0 aliphatic rings. The minimum Gasteiger partial charge on any atom is -0.480 e. The average Bonchev–Trinajstić information content (AvgIpc) is 3.19. The average molecular weight is 830 g/mol. The second-order valence-corrected chi connectivity index (χ2v) is 17.3. The van der Waals surface area contributed by atoms with E-state index in [0.717, 1.165) is 44.9 Å². The summed E-state index contributed by atoms with van der Waals surface area (Å²) in [4.78, 5) is 33.6. The molecule has 0 aromatic rings. The maximum absolute atomic E-state index is 12.7. The standard InChI is InChI=1S/C46H88NO9P/c1-3-5-7-9-11-13-15-17-19-21-22-23-24-26-28-30-32-34-36-38-45(48)56-43(41-54-57(51,52)55-42-44(47)46(49)50)40-53-39-37-35-33-31-29-27-25-20-18-16-14-12-10-8-6-4-2/h12,14,18,20,43-44H,3-11,13,15-17,19,21-42,47H2,1-2H3,(H,49,50)(H,51,52)/b14-12-,20-18-. The van der Waals surface area contributed by atoms with Crippen LogP contribution in [0.5, 0.6) is 0 Å². The van der Waals surface area contributed by atoms with E-state index in [2.05, 4.69) is 38.2 Å². The van der Waals surface area contributed by atoms with Gasteiger partial charge in [0.05, 0.1) is 19.8 Å². The molecule has 0 aliphatic heterocycles. The first-order chi connectivity index (χ1) is 27.7. The largest absolute Gasteiger partial charge is 0.480 e. The number of carbonyl (C=O) groups excluding carboxylic acids is 1. The Bertz CT molecular complexity index is 1010. The van der Waals surface area contributed by atoms with Crippen LogP contribution in [0.25, 0.3) is 0 Å². The van der Waals surface area contributed by atoms with Crippen LogP contribution in [0.2, 0.25) is 0 Å². The lowest BCUT2D eigenvalue weighted by molar-refractivity contribution is -0.154. The topological polar surface area (TPSA) is 155 Å². The van der Waals surface area contributed by atoms with E-state index in [1.54, 1.807) is 0 Å². The van der Waals surface area contributed by atoms with Crippen molar-refractivity contribution in [3.8, 4) is 0 Å². The zero-order valence-electron chi connectivity index (χ0n) is 36.7. The van der Waals surface area contributed by atoms with Crippen LogP contribution in [0.15, 0.2) is 24.3 Å². The number of allylic oxidation sites excluding steroid dienone is 4. The second kappa shape index (κ2) is 42.6. The van der Waals surface area contributed by atoms with Gasteiger partial charge < -0.3 is 25.2 Å². The van der Waals surface area contributed by atoms with Crippen LogP contribution < -0.4 is 5.73 Å². The molecule has 0 saturated carbocycles. The zero-order valence-corrected chi connectivity index (χ0v) is 37.6. The second-order valence-electron chi connectivity index (χ2n) is 15.9. The van der Waals surface area contributed by atoms with Crippen molar-refractivity contribution >= 4 is 19.8 Å². The van der Waals surface area contributed by atoms with Crippen molar-refractivity contribution in [2.45, 2.75) is 231 Å². The number of unbranched alkanes of at least 4 members (excludes halogenated alkanes) is 27. The van der Waals surface area contributed by atoms with Gasteiger partial charge in [-0.05, 0) is 44.9 Å². The summed E-state index contributed by atoms with van der Waals surface area (Å²) in [5, 5.41) is 8.91. The highest BCUT2D eigenvalue weighted by Gasteiger charge is 2.27. The summed E-state index contributed by atoms with van der Waals surface area (Å²) in [6.45, 7) is 3.87. The maximum atomic E-state index is 12.7. The molecule has 0 saturated heterocycles. The van der Waals surface area contributed by atoms with Crippen LogP contribution in [-0.4, -0.2) is 60.5 Å². The molecule has 10 nitrogen and oxygen atoms in total. The summed E-state index contributed by atoms with van der Waals surface area (Å²) in [5.74, 6) is -1.77. The van der Waals surface area contributed by atoms with Gasteiger partial charge in [0.15, 0.2) is 0 Å². The van der Waals surface area contributed by atoms with Crippen molar-refractivity contribution in [3.63, 3.8) is 0 Å². The van der Waals surface area contributed by atoms with Crippen LogP contribution in [0.1, 0.15) is 219 Å². The Balaban J connectivity index is 4.18. The first-order valence-corrected chi connectivity index (χ1v) is 24.9. The van der Waals surface area contributed by atoms with Gasteiger partial charge in [0.1, 0.15) is 12.1 Å². The summed E-state index contributed by atoms with van der Waals surface area (Å²) in [6, 6.07) is -1.47. The van der Waals surface area contributed by atoms with Crippen LogP contribution >= 0.6 is 7.82 Å². The molecule has 4 N–H and O–H groups in total. The fourth-order valence-electron chi connectivity index (χ4n) is 6.58. The van der Waals surface area contributed by atoms with Gasteiger partial charge in [-0.1, -0.05) is 192 Å². The van der Waals surface area contributed by atoms with Crippen molar-refractivity contribution < 1.29 is 42.7 Å². The van der Waals surface area contributed by atoms with Crippen molar-refractivity contribution in [1.82, 2.24) is 0 Å². The van der Waals surface area contributed by atoms with E-state index >= 15 is 0 Å². The Morgan fingerprint density at radius 1 is 0.561 bits per heavy atom. The van der Waals surface area contributed by atoms with Crippen LogP contribution in [0.3, 0.4) is 0 Å². The van der Waals surface area contributed by atoms with Crippen molar-refractivity contribution in [1.29, 1.82) is 0 Å². The number of carboxylic acids is 1. The molecular weight excluding hydrogens is 741 g/mol. The van der Waals surface area contributed by atoms with Gasteiger partial charge in [-0.25, -0.2) is 4.57 Å². The Labute approximate surface area is 349 Å². The molecule has 0 aliphatic carbocycles. The van der Waals surface area contributed by atoms with E-state index in [1.165, 1.54) is 148 Å². The van der Waals surface area contributed by atoms with Crippen LogP contribution in [0, 0.1) is 0 Å². The van der Waals surface area contributed by atoms with E-state index < -0.39 is 45.1 Å². The number of phosphoric ester groups is 1. The summed E-state index contributed by atoms with van der Waals surface area (Å²) < 4.78 is 33.4.